The van der Waals surface area contributed by atoms with Gasteiger partial charge in [0, 0.05) is 39.8 Å². The van der Waals surface area contributed by atoms with Crippen LogP contribution in [0.15, 0.2) is 75.7 Å². The molecule has 10 nitrogen and oxygen atoms in total. The molecule has 0 radical (unpaired) electrons. The molecule has 0 saturated carbocycles. The van der Waals surface area contributed by atoms with Crippen LogP contribution in [0.3, 0.4) is 0 Å². The molecule has 5 aromatic rings. The van der Waals surface area contributed by atoms with Gasteiger partial charge in [0.2, 0.25) is 23.6 Å². The van der Waals surface area contributed by atoms with Crippen molar-refractivity contribution in [2.45, 2.75) is 84.0 Å². The molecule has 4 aliphatic heterocycles. The predicted molar refractivity (Wildman–Crippen MR) is 199 cm³/mol. The number of rotatable bonds is 5. The van der Waals surface area contributed by atoms with Crippen LogP contribution in [0.1, 0.15) is 98.7 Å². The van der Waals surface area contributed by atoms with E-state index in [1.807, 2.05) is 39.8 Å². The van der Waals surface area contributed by atoms with Gasteiger partial charge in [0.25, 0.3) is 0 Å². The van der Waals surface area contributed by atoms with Gasteiger partial charge in [0.15, 0.2) is 23.4 Å². The van der Waals surface area contributed by atoms with Crippen LogP contribution >= 0.6 is 0 Å². The molecule has 0 fully saturated rings. The monoisotopic (exact) mass is 707 g/mol. The lowest BCUT2D eigenvalue weighted by Gasteiger charge is -2.30. The van der Waals surface area contributed by atoms with Crippen LogP contribution in [0.2, 0.25) is 0 Å². The predicted octanol–water partition coefficient (Wildman–Crippen LogP) is 7.46. The molecule has 10 bridgehead atoms. The number of carbonyl (C=O) groups excluding carboxylic acids is 2. The van der Waals surface area contributed by atoms with E-state index < -0.39 is 29.1 Å². The van der Waals surface area contributed by atoms with E-state index in [0.717, 1.165) is 57.5 Å². The molecule has 1 spiro atoms. The van der Waals surface area contributed by atoms with Gasteiger partial charge in [-0.15, -0.1) is 0 Å². The molecule has 10 heteroatoms. The summed E-state index contributed by atoms with van der Waals surface area (Å²) in [6.07, 6.45) is 6.00. The lowest BCUT2D eigenvalue weighted by molar-refractivity contribution is -0.134. The van der Waals surface area contributed by atoms with E-state index in [1.54, 1.807) is 6.20 Å². The van der Waals surface area contributed by atoms with E-state index in [-0.39, 0.29) is 24.2 Å². The molecule has 4 atom stereocenters. The molecule has 6 heterocycles. The highest BCUT2D eigenvalue weighted by Gasteiger charge is 2.61. The summed E-state index contributed by atoms with van der Waals surface area (Å²) in [7, 11) is 0. The third-order valence-corrected chi connectivity index (χ3v) is 11.9. The van der Waals surface area contributed by atoms with Gasteiger partial charge in [-0.25, -0.2) is 9.97 Å². The first-order valence-electron chi connectivity index (χ1n) is 18.7. The zero-order chi connectivity index (χ0) is 36.4. The van der Waals surface area contributed by atoms with Crippen molar-refractivity contribution in [3.05, 3.63) is 112 Å². The average molecular weight is 708 g/mol. The number of nitrogens with one attached hydrogen (secondary N) is 3. The van der Waals surface area contributed by atoms with E-state index in [1.165, 1.54) is 5.56 Å². The lowest BCUT2D eigenvalue weighted by atomic mass is 9.72. The Morgan fingerprint density at radius 1 is 1.06 bits per heavy atom. The summed E-state index contributed by atoms with van der Waals surface area (Å²) < 4.78 is 20.6. The van der Waals surface area contributed by atoms with E-state index in [0.29, 0.717) is 41.2 Å². The largest absolute Gasteiger partial charge is 0.469 e. The van der Waals surface area contributed by atoms with Crippen molar-refractivity contribution in [3.63, 3.8) is 0 Å². The topological polar surface area (TPSA) is 132 Å². The summed E-state index contributed by atoms with van der Waals surface area (Å²) in [6, 6.07) is 17.4. The van der Waals surface area contributed by atoms with Gasteiger partial charge in [0.05, 0.1) is 6.20 Å². The molecule has 4 unspecified atom stereocenters. The minimum Gasteiger partial charge on any atom is -0.469 e. The third-order valence-electron chi connectivity index (χ3n) is 11.9. The van der Waals surface area contributed by atoms with Crippen molar-refractivity contribution in [2.24, 2.45) is 11.3 Å². The maximum Gasteiger partial charge on any atom is 0.249 e. The first-order chi connectivity index (χ1) is 25.6. The number of hydrogen-bond donors (Lipinski definition) is 3. The molecule has 10 rings (SSSR count). The number of aromatic nitrogens is 2. The summed E-state index contributed by atoms with van der Waals surface area (Å²) in [6.45, 7) is 9.94. The van der Waals surface area contributed by atoms with E-state index in [2.05, 4.69) is 71.4 Å². The molecule has 2 aromatic heterocycles. The Balaban J connectivity index is 1.26. The second-order valence-corrected chi connectivity index (χ2v) is 16.0. The summed E-state index contributed by atoms with van der Waals surface area (Å²) in [5.41, 5.74) is 8.01. The van der Waals surface area contributed by atoms with E-state index in [9.17, 15) is 9.59 Å². The Kier molecular flexibility index (Phi) is 6.76. The zero-order valence-electron chi connectivity index (χ0n) is 30.4. The molecule has 0 saturated heterocycles. The van der Waals surface area contributed by atoms with Crippen LogP contribution in [0.5, 0.6) is 5.75 Å². The van der Waals surface area contributed by atoms with Crippen LogP contribution in [-0.2, 0) is 27.8 Å². The first-order valence-corrected chi connectivity index (χ1v) is 18.7. The van der Waals surface area contributed by atoms with Crippen LogP contribution in [0, 0.1) is 11.3 Å². The fraction of sp³-hybridized carbons (Fsp3) is 0.349. The number of oxazole rings is 2. The minimum absolute atomic E-state index is 0.116. The fourth-order valence-corrected chi connectivity index (χ4v) is 9.20. The number of anilines is 1. The first kappa shape index (κ1) is 32.0. The molecule has 5 aliphatic rings. The van der Waals surface area contributed by atoms with Crippen molar-refractivity contribution in [1.29, 1.82) is 0 Å². The normalized spacial score (nSPS) is 22.8. The van der Waals surface area contributed by atoms with E-state index >= 15 is 0 Å². The molecular formula is C43H41N5O5. The summed E-state index contributed by atoms with van der Waals surface area (Å²) in [5.74, 6) is 1.96. The van der Waals surface area contributed by atoms with Gasteiger partial charge in [-0.05, 0) is 47.1 Å². The molecule has 2 amide bonds. The fourth-order valence-electron chi connectivity index (χ4n) is 9.20. The van der Waals surface area contributed by atoms with Crippen molar-refractivity contribution in [1.82, 2.24) is 20.6 Å². The highest BCUT2D eigenvalue weighted by molar-refractivity contribution is 5.97. The second-order valence-electron chi connectivity index (χ2n) is 16.0. The van der Waals surface area contributed by atoms with E-state index in [4.69, 9.17) is 23.5 Å². The molecular weight excluding hydrogens is 667 g/mol. The summed E-state index contributed by atoms with van der Waals surface area (Å²) >= 11 is 0. The number of hydrogen-bond acceptors (Lipinski definition) is 8. The standard InChI is InChI=1S/C43H41N5O5/c1-6-17-42(4,5)40(50)45-29-19-22-13-16-30-28(18-22)43-27-12-8-11-25(34(27)48-41(43)52-30)24-10-7-9-23-14-15-26(32(23)24)31-20-44-38(51-31)35-36(43)53-39(47-35)33(21(2)3)46-37(29)49/h7-13,15-16,18,20-21,29,33,41,48H,6,14,17,19H2,1-5H3,(H,45,50)(H,46,49). The number of ether oxygens (including phenoxy) is 1. The highest BCUT2D eigenvalue weighted by atomic mass is 16.5. The summed E-state index contributed by atoms with van der Waals surface area (Å²) in [4.78, 5) is 38.1. The zero-order valence-corrected chi connectivity index (χ0v) is 30.4. The Morgan fingerprint density at radius 3 is 2.72 bits per heavy atom. The van der Waals surface area contributed by atoms with Crippen LogP contribution in [-0.4, -0.2) is 34.1 Å². The molecule has 268 valence electrons. The molecule has 3 aromatic carbocycles. The Hall–Kier alpha value is -5.64. The van der Waals surface area contributed by atoms with Crippen molar-refractivity contribution in [3.8, 4) is 28.5 Å². The summed E-state index contributed by atoms with van der Waals surface area (Å²) in [5, 5.41) is 10.2. The van der Waals surface area contributed by atoms with Gasteiger partial charge in [-0.3, -0.25) is 9.59 Å². The van der Waals surface area contributed by atoms with Gasteiger partial charge >= 0.3 is 0 Å². The highest BCUT2D eigenvalue weighted by Crippen LogP contribution is 2.61. The SMILES string of the molecule is CCCC(C)(C)C(=O)NC1Cc2ccc3c(c2)C24c5cccc(c5NC2O3)-c2cccc3c2C(=CC3)c2cnc(o2)-c2nc(oc24)C(C(C)C)NC1=O. The molecule has 3 N–H and O–H groups in total. The van der Waals surface area contributed by atoms with Crippen molar-refractivity contribution >= 4 is 23.1 Å². The Morgan fingerprint density at radius 2 is 1.89 bits per heavy atom. The van der Waals surface area contributed by atoms with Gasteiger partial charge < -0.3 is 29.5 Å². The average Bonchev–Trinajstić information content (AvgIpc) is 3.96. The number of nitrogens with zero attached hydrogens (tertiary/aromatic N) is 2. The number of fused-ring (bicyclic) bond motifs is 7. The maximum atomic E-state index is 14.3. The third kappa shape index (κ3) is 4.44. The molecule has 1 aliphatic carbocycles. The smallest absolute Gasteiger partial charge is 0.249 e. The maximum absolute atomic E-state index is 14.3. The van der Waals surface area contributed by atoms with Gasteiger partial charge in [-0.1, -0.05) is 95.6 Å². The van der Waals surface area contributed by atoms with Crippen molar-refractivity contribution in [2.75, 3.05) is 5.32 Å². The number of amides is 2. The van der Waals surface area contributed by atoms with Gasteiger partial charge in [-0.2, -0.15) is 0 Å². The number of para-hydroxylation sites is 1. The van der Waals surface area contributed by atoms with Gasteiger partial charge in [0.1, 0.15) is 23.2 Å². The van der Waals surface area contributed by atoms with Crippen LogP contribution < -0.4 is 20.7 Å². The second kappa shape index (κ2) is 11.2. The quantitative estimate of drug-likeness (QED) is 0.172. The lowest BCUT2D eigenvalue weighted by Crippen LogP contribution is -2.52. The number of benzene rings is 3. The Bertz CT molecular complexity index is 2420. The van der Waals surface area contributed by atoms with Crippen LogP contribution in [0.25, 0.3) is 28.3 Å². The Labute approximate surface area is 307 Å². The van der Waals surface area contributed by atoms with Crippen LogP contribution in [0.4, 0.5) is 5.69 Å². The minimum atomic E-state index is -1.01. The van der Waals surface area contributed by atoms with Crippen molar-refractivity contribution < 1.29 is 23.2 Å². The number of allylic oxidation sites excluding steroid dienone is 1. The number of carbonyl (C=O) groups is 2. The molecule has 53 heavy (non-hydrogen) atoms.